The molecule has 2 saturated carbocycles. The minimum atomic E-state index is -1.42. The second-order valence-electron chi connectivity index (χ2n) is 18.2. The van der Waals surface area contributed by atoms with E-state index >= 15 is 0 Å². The number of hydrogen-bond acceptors (Lipinski definition) is 12. The molecule has 0 bridgehead atoms. The van der Waals surface area contributed by atoms with Gasteiger partial charge in [0.2, 0.25) is 0 Å². The summed E-state index contributed by atoms with van der Waals surface area (Å²) in [6, 6.07) is 27.1. The highest BCUT2D eigenvalue weighted by molar-refractivity contribution is 6.31. The zero-order valence-electron chi connectivity index (χ0n) is 38.8. The molecule has 0 spiro atoms. The lowest BCUT2D eigenvalue weighted by Gasteiger charge is -2.44. The van der Waals surface area contributed by atoms with Crippen molar-refractivity contribution in [2.75, 3.05) is 33.0 Å². The highest BCUT2D eigenvalue weighted by atomic mass is 35.5. The largest absolute Gasteiger partial charge is 0.491 e. The van der Waals surface area contributed by atoms with Crippen LogP contribution in [0, 0.1) is 11.8 Å². The van der Waals surface area contributed by atoms with Crippen molar-refractivity contribution in [3.05, 3.63) is 128 Å². The molecule has 2 saturated heterocycles. The number of benzene rings is 4. The van der Waals surface area contributed by atoms with Crippen LogP contribution in [0.3, 0.4) is 0 Å². The van der Waals surface area contributed by atoms with Gasteiger partial charge in [-0.05, 0) is 121 Å². The second-order valence-corrected chi connectivity index (χ2v) is 19.0. The van der Waals surface area contributed by atoms with Gasteiger partial charge in [-0.1, -0.05) is 92.5 Å². The summed E-state index contributed by atoms with van der Waals surface area (Å²) in [5.41, 5.74) is 5.60. The molecule has 2 aliphatic carbocycles. The van der Waals surface area contributed by atoms with Gasteiger partial charge in [0.25, 0.3) is 0 Å². The average molecular weight is 966 g/mol. The van der Waals surface area contributed by atoms with Crippen LogP contribution in [0.2, 0.25) is 10.0 Å². The first-order valence-corrected chi connectivity index (χ1v) is 24.4. The summed E-state index contributed by atoms with van der Waals surface area (Å²) in [5, 5.41) is 41.2. The molecule has 364 valence electrons. The lowest BCUT2D eigenvalue weighted by molar-refractivity contribution is -0.231. The van der Waals surface area contributed by atoms with E-state index in [4.69, 9.17) is 56.4 Å². The van der Waals surface area contributed by atoms with Crippen LogP contribution in [0.1, 0.15) is 105 Å². The van der Waals surface area contributed by atoms with Crippen molar-refractivity contribution in [3.8, 4) is 11.5 Å². The van der Waals surface area contributed by atoms with E-state index in [9.17, 15) is 25.2 Å². The molecule has 4 fully saturated rings. The number of esters is 1. The summed E-state index contributed by atoms with van der Waals surface area (Å²) in [4.78, 5) is 11.9. The number of carbonyl (C=O) groups excluding carboxylic acids is 1. The normalized spacial score (nSPS) is 27.1. The predicted molar refractivity (Wildman–Crippen MR) is 255 cm³/mol. The van der Waals surface area contributed by atoms with E-state index in [-0.39, 0.29) is 30.2 Å². The molecule has 14 heteroatoms. The Balaban J connectivity index is 0.000000200. The fourth-order valence-electron chi connectivity index (χ4n) is 8.66. The van der Waals surface area contributed by atoms with Crippen LogP contribution in [-0.4, -0.2) is 108 Å². The highest BCUT2D eigenvalue weighted by Gasteiger charge is 2.45. The van der Waals surface area contributed by atoms with Crippen molar-refractivity contribution < 1.29 is 58.4 Å². The zero-order chi connectivity index (χ0) is 47.6. The third-order valence-electron chi connectivity index (χ3n) is 13.0. The minimum Gasteiger partial charge on any atom is -0.491 e. The third kappa shape index (κ3) is 14.2. The number of aliphatic hydroxyl groups is 4. The van der Waals surface area contributed by atoms with Crippen LogP contribution in [-0.2, 0) is 41.3 Å². The van der Waals surface area contributed by atoms with Gasteiger partial charge in [-0.25, -0.2) is 0 Å². The second kappa shape index (κ2) is 24.2. The summed E-state index contributed by atoms with van der Waals surface area (Å²) in [7, 11) is 0. The molecule has 12 nitrogen and oxygen atoms in total. The summed E-state index contributed by atoms with van der Waals surface area (Å²) in [6.45, 7) is 9.74. The van der Waals surface area contributed by atoms with Gasteiger partial charge in [-0.3, -0.25) is 4.79 Å². The molecule has 10 atom stereocenters. The molecule has 8 rings (SSSR count). The Labute approximate surface area is 404 Å². The lowest BCUT2D eigenvalue weighted by atomic mass is 9.78. The molecule has 2 aliphatic heterocycles. The maximum Gasteiger partial charge on any atom is 0.303 e. The predicted octanol–water partition coefficient (Wildman–Crippen LogP) is 8.55. The standard InChI is InChI=1S/C29H37ClO5.C24H29ClO7/c1-5-27-18(2)19(3)28(34-20(4)31)29(35-27)22-8-13-26(30)23(17-22)16-21-6-9-24(10-7-21)32-14-15-33-25-11-12-25;25-19-8-3-15(24-23(29)22(28)21(27)20(13-26)32-24)12-16(19)11-14-1-4-17(5-2-14)30-9-10-31-18-6-7-18/h6-10,13,17-19,25,27-29H,5,11-12,14-16H2,1-4H3;1-5,8,12,18,20-24,26-29H,6-7,9-11,13H2/t18-,19-,27+,28+,29?;20-,21-,22+,23-,24?/m01/s1. The SMILES string of the molecule is CC[C@H]1OC(c2ccc(Cl)c(Cc3ccc(OCCOC4CC4)cc3)c2)[C@H](OC(C)=O)[C@@H](C)[C@@H]1C.OC[C@H]1OC(c2ccc(Cl)c(Cc3ccc(OCCOC4CC4)cc3)c2)[C@H](O)[C@@H](O)[C@@H]1O. The van der Waals surface area contributed by atoms with Crippen molar-refractivity contribution >= 4 is 29.2 Å². The van der Waals surface area contributed by atoms with Gasteiger partial charge < -0.3 is 53.6 Å². The van der Waals surface area contributed by atoms with Crippen LogP contribution in [0.5, 0.6) is 11.5 Å². The molecule has 67 heavy (non-hydrogen) atoms. The van der Waals surface area contributed by atoms with Gasteiger partial charge >= 0.3 is 5.97 Å². The van der Waals surface area contributed by atoms with Crippen LogP contribution < -0.4 is 9.47 Å². The Morgan fingerprint density at radius 2 is 1.10 bits per heavy atom. The monoisotopic (exact) mass is 964 g/mol. The number of rotatable bonds is 19. The minimum absolute atomic E-state index is 0.114. The Morgan fingerprint density at radius 3 is 1.55 bits per heavy atom. The fraction of sp³-hybridized carbons (Fsp3) is 0.528. The van der Waals surface area contributed by atoms with Gasteiger partial charge in [0.1, 0.15) is 67.4 Å². The quantitative estimate of drug-likeness (QED) is 0.0524. The summed E-state index contributed by atoms with van der Waals surface area (Å²) >= 11 is 13.0. The Hall–Kier alpha value is -3.79. The van der Waals surface area contributed by atoms with Gasteiger partial charge in [0.15, 0.2) is 0 Å². The first-order valence-electron chi connectivity index (χ1n) is 23.7. The number of ether oxygens (including phenoxy) is 7. The fourth-order valence-corrected chi connectivity index (χ4v) is 9.03. The maximum atomic E-state index is 11.9. The average Bonchev–Trinajstić information content (AvgIpc) is 4.28. The van der Waals surface area contributed by atoms with Gasteiger partial charge in [-0.2, -0.15) is 0 Å². The maximum absolute atomic E-state index is 11.9. The van der Waals surface area contributed by atoms with Crippen molar-refractivity contribution in [2.45, 2.75) is 134 Å². The molecular weight excluding hydrogens is 899 g/mol. The summed E-state index contributed by atoms with van der Waals surface area (Å²) in [5.74, 6) is 1.81. The first-order chi connectivity index (χ1) is 32.3. The molecule has 0 amide bonds. The van der Waals surface area contributed by atoms with Gasteiger partial charge in [-0.15, -0.1) is 0 Å². The van der Waals surface area contributed by atoms with Crippen molar-refractivity contribution in [1.29, 1.82) is 0 Å². The molecule has 4 aromatic carbocycles. The van der Waals surface area contributed by atoms with Crippen LogP contribution in [0.15, 0.2) is 84.9 Å². The van der Waals surface area contributed by atoms with E-state index in [1.807, 2.05) is 54.6 Å². The van der Waals surface area contributed by atoms with E-state index in [0.29, 0.717) is 73.0 Å². The first kappa shape index (κ1) is 51.1. The van der Waals surface area contributed by atoms with Crippen LogP contribution >= 0.6 is 23.2 Å². The number of halogens is 2. The molecule has 4 N–H and O–H groups in total. The Kier molecular flexibility index (Phi) is 18.4. The smallest absolute Gasteiger partial charge is 0.303 e. The number of carbonyl (C=O) groups is 1. The molecule has 0 aromatic heterocycles. The zero-order valence-corrected chi connectivity index (χ0v) is 40.3. The van der Waals surface area contributed by atoms with E-state index in [2.05, 4.69) is 39.0 Å². The number of hydrogen-bond donors (Lipinski definition) is 4. The third-order valence-corrected chi connectivity index (χ3v) is 13.8. The van der Waals surface area contributed by atoms with Crippen LogP contribution in [0.4, 0.5) is 0 Å². The van der Waals surface area contributed by atoms with Crippen LogP contribution in [0.25, 0.3) is 0 Å². The molecular formula is C53H66Cl2O12. The summed E-state index contributed by atoms with van der Waals surface area (Å²) < 4.78 is 40.6. The lowest BCUT2D eigenvalue weighted by Crippen LogP contribution is -2.55. The van der Waals surface area contributed by atoms with Gasteiger partial charge in [0, 0.05) is 22.9 Å². The molecule has 0 radical (unpaired) electrons. The van der Waals surface area contributed by atoms with E-state index in [1.165, 1.54) is 19.8 Å². The highest BCUT2D eigenvalue weighted by Crippen LogP contribution is 2.42. The number of aliphatic hydroxyl groups excluding tert-OH is 4. The van der Waals surface area contributed by atoms with E-state index in [0.717, 1.165) is 58.6 Å². The van der Waals surface area contributed by atoms with Crippen molar-refractivity contribution in [2.24, 2.45) is 11.8 Å². The summed E-state index contributed by atoms with van der Waals surface area (Å²) in [6.07, 6.45) is 1.13. The molecule has 2 unspecified atom stereocenters. The van der Waals surface area contributed by atoms with E-state index in [1.54, 1.807) is 12.1 Å². The Morgan fingerprint density at radius 1 is 0.627 bits per heavy atom. The van der Waals surface area contributed by atoms with Gasteiger partial charge in [0.05, 0.1) is 38.1 Å². The molecule has 2 heterocycles. The molecule has 4 aromatic rings. The van der Waals surface area contributed by atoms with Crippen molar-refractivity contribution in [1.82, 2.24) is 0 Å². The topological polar surface area (TPSA) is 163 Å². The molecule has 4 aliphatic rings. The van der Waals surface area contributed by atoms with Crippen molar-refractivity contribution in [3.63, 3.8) is 0 Å². The van der Waals surface area contributed by atoms with E-state index < -0.39 is 37.1 Å². The Bertz CT molecular complexity index is 2180.